The number of aromatic nitrogens is 2. The number of carbonyl (C=O) groups is 4. The molecule has 4 rings (SSSR count). The van der Waals surface area contributed by atoms with Crippen LogP contribution in [0.15, 0.2) is 48.8 Å². The number of hydrogen-bond donors (Lipinski definition) is 6. The van der Waals surface area contributed by atoms with Crippen LogP contribution in [0.4, 0.5) is 8.78 Å². The number of hydrogen-bond acceptors (Lipinski definition) is 8. The number of esters is 2. The number of ether oxygens (including phenoxy) is 2. The Balaban J connectivity index is 0.000000447. The van der Waals surface area contributed by atoms with Crippen LogP contribution in [0.1, 0.15) is 59.1 Å². The van der Waals surface area contributed by atoms with E-state index < -0.39 is 29.9 Å². The average molecular weight is 780 g/mol. The molecule has 12 nitrogen and oxygen atoms in total. The van der Waals surface area contributed by atoms with Crippen molar-refractivity contribution in [2.45, 2.75) is 78.9 Å². The highest BCUT2D eigenvalue weighted by Gasteiger charge is 2.34. The maximum absolute atomic E-state index is 13.6. The molecule has 2 aromatic heterocycles. The Morgan fingerprint density at radius 2 is 1.19 bits per heavy atom. The van der Waals surface area contributed by atoms with Gasteiger partial charge in [0.25, 0.3) is 0 Å². The van der Waals surface area contributed by atoms with Crippen molar-refractivity contribution in [3.05, 3.63) is 71.6 Å². The van der Waals surface area contributed by atoms with E-state index in [0.717, 1.165) is 27.5 Å². The van der Waals surface area contributed by atoms with Crippen molar-refractivity contribution in [1.82, 2.24) is 20.6 Å². The molecule has 4 aromatic rings. The summed E-state index contributed by atoms with van der Waals surface area (Å²) in [6.45, 7) is 11.6. The highest BCUT2D eigenvalue weighted by atomic mass is 35.5. The summed E-state index contributed by atoms with van der Waals surface area (Å²) in [4.78, 5) is 52.9. The lowest BCUT2D eigenvalue weighted by molar-refractivity contribution is -0.407. The highest BCUT2D eigenvalue weighted by molar-refractivity contribution is 5.90. The summed E-state index contributed by atoms with van der Waals surface area (Å²) >= 11 is 0. The standard InChI is InChI=1S/C20H27FN2O3.C12H13FN2O2.C7H15NO2.ClH/c1-20(2,3)18(22-4)17(24)9-12(19(25)26-5)8-13-11-23-16-7-6-14(21)10-15(13)16;1-17-12(16)10(14)4-7-6-15-11-3-2-8(13)5-9(7)11;1-7(2,3)5(8-4)6(9)10;/h6-7,10-12,18,22-23H,8-9H2,1-5H3;2-3,5-6,10,15H,4,14H2,1H3;5,8H,1-4H3,(H,9,10);1H/t12?,18-;;5-;/m1.1./s1. The molecule has 0 fully saturated rings. The third kappa shape index (κ3) is 13.5. The van der Waals surface area contributed by atoms with Crippen molar-refractivity contribution in [3.63, 3.8) is 0 Å². The van der Waals surface area contributed by atoms with Crippen LogP contribution in [0.2, 0.25) is 0 Å². The zero-order chi connectivity index (χ0) is 40.3. The largest absolute Gasteiger partial charge is 1.00 e. The zero-order valence-electron chi connectivity index (χ0n) is 32.8. The Kier molecular flexibility index (Phi) is 18.5. The summed E-state index contributed by atoms with van der Waals surface area (Å²) in [5.41, 5.74) is 6.54. The van der Waals surface area contributed by atoms with Gasteiger partial charge in [0.2, 0.25) is 0 Å². The molecule has 0 saturated heterocycles. The number of rotatable bonds is 12. The first-order chi connectivity index (χ1) is 24.7. The van der Waals surface area contributed by atoms with Gasteiger partial charge in [0.05, 0.1) is 26.2 Å². The van der Waals surface area contributed by atoms with Crippen LogP contribution < -0.4 is 28.8 Å². The molecule has 0 aliphatic carbocycles. The first-order valence-corrected chi connectivity index (χ1v) is 17.3. The summed E-state index contributed by atoms with van der Waals surface area (Å²) in [6.07, 6.45) is 4.32. The third-order valence-corrected chi connectivity index (χ3v) is 8.79. The second kappa shape index (κ2) is 20.9. The van der Waals surface area contributed by atoms with Crippen molar-refractivity contribution in [2.24, 2.45) is 16.7 Å². The van der Waals surface area contributed by atoms with Crippen LogP contribution in [-0.2, 0) is 41.5 Å². The number of Topliss-reactive ketones (excluding diaryl/α,β-unsaturated/α-hetero) is 1. The molecule has 0 spiro atoms. The summed E-state index contributed by atoms with van der Waals surface area (Å²) in [7, 11) is 6.04. The van der Waals surface area contributed by atoms with Crippen molar-refractivity contribution in [3.8, 4) is 0 Å². The SMILES string of the molecule is CN[C@H](C(=O)CC(Cc1c[nH]c2ccc(F)cc12)C(=O)OC)C(C)(C)C.CN[C@H](C(=O)O)C(C)(C)C.COC(=O)C([NH3+])Cc1c[nH]c2ccc(F)cc12.[Cl-]. The van der Waals surface area contributed by atoms with Gasteiger partial charge in [-0.25, -0.2) is 13.6 Å². The molecule has 0 amide bonds. The lowest BCUT2D eigenvalue weighted by atomic mass is 9.81. The van der Waals surface area contributed by atoms with E-state index in [1.807, 2.05) is 41.5 Å². The van der Waals surface area contributed by atoms with Crippen LogP contribution >= 0.6 is 0 Å². The Morgan fingerprint density at radius 3 is 1.54 bits per heavy atom. The summed E-state index contributed by atoms with van der Waals surface area (Å²) in [6, 6.07) is 7.67. The maximum Gasteiger partial charge on any atom is 0.364 e. The van der Waals surface area contributed by atoms with E-state index in [9.17, 15) is 28.0 Å². The van der Waals surface area contributed by atoms with Gasteiger partial charge in [-0.05, 0) is 78.9 Å². The van der Waals surface area contributed by atoms with Crippen LogP contribution in [0.5, 0.6) is 0 Å². The lowest BCUT2D eigenvalue weighted by Gasteiger charge is -2.30. The Bertz CT molecular complexity index is 1850. The number of likely N-dealkylation sites (N-methyl/N-ethyl adjacent to an activating group) is 2. The molecule has 0 saturated carbocycles. The smallest absolute Gasteiger partial charge is 0.364 e. The summed E-state index contributed by atoms with van der Waals surface area (Å²) in [5, 5.41) is 15.9. The number of ketones is 1. The van der Waals surface area contributed by atoms with Gasteiger partial charge in [0, 0.05) is 47.0 Å². The predicted molar refractivity (Wildman–Crippen MR) is 200 cm³/mol. The minimum Gasteiger partial charge on any atom is -1.00 e. The van der Waals surface area contributed by atoms with Crippen molar-refractivity contribution in [2.75, 3.05) is 28.3 Å². The van der Waals surface area contributed by atoms with Gasteiger partial charge in [0.1, 0.15) is 17.7 Å². The third-order valence-electron chi connectivity index (χ3n) is 8.79. The number of aromatic amines is 2. The number of carboxylic acid groups (broad SMARTS) is 1. The van der Waals surface area contributed by atoms with Crippen molar-refractivity contribution in [1.29, 1.82) is 0 Å². The van der Waals surface area contributed by atoms with E-state index in [1.165, 1.54) is 38.5 Å². The van der Waals surface area contributed by atoms with E-state index in [4.69, 9.17) is 9.84 Å². The summed E-state index contributed by atoms with van der Waals surface area (Å²) in [5.74, 6) is -2.89. The lowest BCUT2D eigenvalue weighted by Crippen LogP contribution is -3.00. The molecule has 54 heavy (non-hydrogen) atoms. The molecule has 0 aliphatic rings. The molecule has 300 valence electrons. The molecule has 0 radical (unpaired) electrons. The van der Waals surface area contributed by atoms with Gasteiger partial charge >= 0.3 is 17.9 Å². The molecule has 2 heterocycles. The topological polar surface area (TPSA) is 190 Å². The van der Waals surface area contributed by atoms with Crippen LogP contribution in [0.25, 0.3) is 21.8 Å². The van der Waals surface area contributed by atoms with Crippen molar-refractivity contribution >= 4 is 45.5 Å². The van der Waals surface area contributed by atoms with Gasteiger partial charge in [-0.2, -0.15) is 0 Å². The zero-order valence-corrected chi connectivity index (χ0v) is 33.5. The fourth-order valence-corrected chi connectivity index (χ4v) is 6.19. The maximum atomic E-state index is 13.6. The number of halogens is 3. The molecular weight excluding hydrogens is 724 g/mol. The fraction of sp³-hybridized carbons (Fsp3) is 0.487. The van der Waals surface area contributed by atoms with E-state index >= 15 is 0 Å². The number of aliphatic carboxylic acids is 1. The van der Waals surface area contributed by atoms with Gasteiger partial charge in [0.15, 0.2) is 11.8 Å². The second-order valence-corrected chi connectivity index (χ2v) is 15.0. The molecule has 2 unspecified atom stereocenters. The number of benzene rings is 2. The van der Waals surface area contributed by atoms with Crippen LogP contribution in [0, 0.1) is 28.4 Å². The predicted octanol–water partition coefficient (Wildman–Crippen LogP) is 1.57. The van der Waals surface area contributed by atoms with E-state index in [2.05, 4.69) is 31.1 Å². The number of carboxylic acids is 1. The first-order valence-electron chi connectivity index (χ1n) is 17.3. The molecule has 8 N–H and O–H groups in total. The molecule has 0 aliphatic heterocycles. The molecule has 2 aromatic carbocycles. The van der Waals surface area contributed by atoms with Gasteiger partial charge in [-0.3, -0.25) is 14.4 Å². The average Bonchev–Trinajstić information content (AvgIpc) is 3.66. The summed E-state index contributed by atoms with van der Waals surface area (Å²) < 4.78 is 36.2. The Hall–Kier alpha value is -4.37. The number of quaternary nitrogens is 1. The van der Waals surface area contributed by atoms with E-state index in [0.29, 0.717) is 18.2 Å². The monoisotopic (exact) mass is 779 g/mol. The number of fused-ring (bicyclic) bond motifs is 2. The first kappa shape index (κ1) is 47.7. The second-order valence-electron chi connectivity index (χ2n) is 15.0. The minimum absolute atomic E-state index is 0. The van der Waals surface area contributed by atoms with Crippen molar-refractivity contribution < 1.29 is 60.7 Å². The number of methoxy groups -OCH3 is 2. The Morgan fingerprint density at radius 1 is 0.759 bits per heavy atom. The van der Waals surface area contributed by atoms with Gasteiger partial charge in [-0.15, -0.1) is 0 Å². The van der Waals surface area contributed by atoms with Crippen LogP contribution in [-0.4, -0.2) is 85.2 Å². The number of carbonyl (C=O) groups excluding carboxylic acids is 3. The normalized spacial score (nSPS) is 13.6. The number of H-pyrrole nitrogens is 2. The van der Waals surface area contributed by atoms with Crippen LogP contribution in [0.3, 0.4) is 0 Å². The quantitative estimate of drug-likeness (QED) is 0.116. The molecule has 4 atom stereocenters. The molecule has 0 bridgehead atoms. The molecular formula is C39H56ClF2N5O7. The fourth-order valence-electron chi connectivity index (χ4n) is 6.19. The Labute approximate surface area is 321 Å². The van der Waals surface area contributed by atoms with Gasteiger partial charge < -0.3 is 53.3 Å². The number of nitrogens with one attached hydrogen (secondary N) is 4. The highest BCUT2D eigenvalue weighted by Crippen LogP contribution is 2.27. The van der Waals surface area contributed by atoms with E-state index in [1.54, 1.807) is 38.6 Å². The molecule has 15 heteroatoms. The van der Waals surface area contributed by atoms with Gasteiger partial charge in [-0.1, -0.05) is 41.5 Å². The minimum atomic E-state index is -0.796. The van der Waals surface area contributed by atoms with E-state index in [-0.39, 0.29) is 59.1 Å².